The molecular formula is C11H20F2N2O2. The zero-order chi connectivity index (χ0) is 13.2. The average Bonchev–Trinajstić information content (AvgIpc) is 2.18. The first-order valence-electron chi connectivity index (χ1n) is 5.69. The van der Waals surface area contributed by atoms with Crippen LogP contribution in [-0.2, 0) is 9.53 Å². The SMILES string of the molecule is CC1NC(C(=O)C(C)(C)C)CNC1OC(F)F. The third-order valence-electron chi connectivity index (χ3n) is 2.75. The van der Waals surface area contributed by atoms with Crippen molar-refractivity contribution >= 4 is 5.78 Å². The van der Waals surface area contributed by atoms with Gasteiger partial charge < -0.3 is 4.74 Å². The van der Waals surface area contributed by atoms with Crippen molar-refractivity contribution in [1.29, 1.82) is 0 Å². The summed E-state index contributed by atoms with van der Waals surface area (Å²) in [6.07, 6.45) is -0.765. The molecule has 0 aromatic carbocycles. The predicted molar refractivity (Wildman–Crippen MR) is 59.7 cm³/mol. The lowest BCUT2D eigenvalue weighted by Gasteiger charge is -2.37. The van der Waals surface area contributed by atoms with Crippen molar-refractivity contribution in [2.45, 2.75) is 52.6 Å². The lowest BCUT2D eigenvalue weighted by atomic mass is 9.85. The number of nitrogens with one attached hydrogen (secondary N) is 2. The van der Waals surface area contributed by atoms with Crippen molar-refractivity contribution in [3.05, 3.63) is 0 Å². The third-order valence-corrected chi connectivity index (χ3v) is 2.75. The highest BCUT2D eigenvalue weighted by Crippen LogP contribution is 2.19. The monoisotopic (exact) mass is 250 g/mol. The van der Waals surface area contributed by atoms with Gasteiger partial charge in [0, 0.05) is 18.0 Å². The van der Waals surface area contributed by atoms with Crippen LogP contribution in [0.3, 0.4) is 0 Å². The first-order chi connectivity index (χ1) is 7.71. The molecule has 0 aromatic heterocycles. The molecule has 0 amide bonds. The topological polar surface area (TPSA) is 50.4 Å². The van der Waals surface area contributed by atoms with Crippen LogP contribution >= 0.6 is 0 Å². The number of piperazine rings is 1. The van der Waals surface area contributed by atoms with E-state index in [0.717, 1.165) is 0 Å². The molecule has 0 spiro atoms. The Hall–Kier alpha value is -0.590. The van der Waals surface area contributed by atoms with Crippen LogP contribution in [0.1, 0.15) is 27.7 Å². The second-order valence-corrected chi connectivity index (χ2v) is 5.35. The molecule has 1 fully saturated rings. The molecule has 1 aliphatic heterocycles. The molecule has 6 heteroatoms. The van der Waals surface area contributed by atoms with Crippen LogP contribution in [0.4, 0.5) is 8.78 Å². The van der Waals surface area contributed by atoms with Gasteiger partial charge in [0.15, 0.2) is 5.78 Å². The van der Waals surface area contributed by atoms with Crippen LogP contribution in [-0.4, -0.2) is 37.3 Å². The van der Waals surface area contributed by atoms with E-state index in [0.29, 0.717) is 6.54 Å². The molecule has 0 saturated carbocycles. The number of Topliss-reactive ketones (excluding diaryl/α,β-unsaturated/α-hetero) is 1. The van der Waals surface area contributed by atoms with E-state index in [2.05, 4.69) is 15.4 Å². The number of alkyl halides is 2. The molecule has 1 rings (SSSR count). The molecule has 100 valence electrons. The Morgan fingerprint density at radius 2 is 2.00 bits per heavy atom. The van der Waals surface area contributed by atoms with Gasteiger partial charge in [-0.3, -0.25) is 15.4 Å². The molecule has 3 atom stereocenters. The van der Waals surface area contributed by atoms with Gasteiger partial charge in [0.25, 0.3) is 0 Å². The van der Waals surface area contributed by atoms with Gasteiger partial charge in [-0.05, 0) is 6.92 Å². The van der Waals surface area contributed by atoms with Crippen molar-refractivity contribution in [2.75, 3.05) is 6.54 Å². The minimum absolute atomic E-state index is 0.0624. The fourth-order valence-corrected chi connectivity index (χ4v) is 1.84. The summed E-state index contributed by atoms with van der Waals surface area (Å²) in [7, 11) is 0. The maximum Gasteiger partial charge on any atom is 0.346 e. The second-order valence-electron chi connectivity index (χ2n) is 5.35. The van der Waals surface area contributed by atoms with E-state index in [4.69, 9.17) is 0 Å². The van der Waals surface area contributed by atoms with E-state index in [-0.39, 0.29) is 17.9 Å². The second kappa shape index (κ2) is 5.37. The Balaban J connectivity index is 2.55. The number of halogens is 2. The number of carbonyl (C=O) groups is 1. The molecule has 3 unspecified atom stereocenters. The molecule has 0 bridgehead atoms. The molecule has 4 nitrogen and oxygen atoms in total. The van der Waals surface area contributed by atoms with Gasteiger partial charge in [0.05, 0.1) is 6.04 Å². The summed E-state index contributed by atoms with van der Waals surface area (Å²) in [6, 6.07) is -0.698. The van der Waals surface area contributed by atoms with E-state index in [9.17, 15) is 13.6 Å². The molecule has 1 aliphatic rings. The zero-order valence-corrected chi connectivity index (χ0v) is 10.6. The molecule has 17 heavy (non-hydrogen) atoms. The molecule has 0 aliphatic carbocycles. The number of rotatable bonds is 3. The summed E-state index contributed by atoms with van der Waals surface area (Å²) in [6.45, 7) is 4.71. The van der Waals surface area contributed by atoms with Crippen molar-refractivity contribution in [3.8, 4) is 0 Å². The number of carbonyl (C=O) groups excluding carboxylic acids is 1. The first kappa shape index (κ1) is 14.5. The number of ether oxygens (including phenoxy) is 1. The van der Waals surface area contributed by atoms with Crippen LogP contribution in [0.2, 0.25) is 0 Å². The highest BCUT2D eigenvalue weighted by molar-refractivity contribution is 5.89. The Kier molecular flexibility index (Phi) is 4.57. The minimum atomic E-state index is -2.81. The molecular weight excluding hydrogens is 230 g/mol. The lowest BCUT2D eigenvalue weighted by Crippen LogP contribution is -2.64. The van der Waals surface area contributed by atoms with Gasteiger partial charge in [-0.2, -0.15) is 8.78 Å². The van der Waals surface area contributed by atoms with E-state index in [1.807, 2.05) is 20.8 Å². The number of hydrogen-bond acceptors (Lipinski definition) is 4. The van der Waals surface area contributed by atoms with E-state index in [1.165, 1.54) is 0 Å². The van der Waals surface area contributed by atoms with Crippen LogP contribution in [0.5, 0.6) is 0 Å². The van der Waals surface area contributed by atoms with Crippen molar-refractivity contribution in [2.24, 2.45) is 5.41 Å². The van der Waals surface area contributed by atoms with Crippen LogP contribution in [0.15, 0.2) is 0 Å². The van der Waals surface area contributed by atoms with Crippen LogP contribution < -0.4 is 10.6 Å². The summed E-state index contributed by atoms with van der Waals surface area (Å²) >= 11 is 0. The highest BCUT2D eigenvalue weighted by Gasteiger charge is 2.36. The Morgan fingerprint density at radius 3 is 2.41 bits per heavy atom. The third kappa shape index (κ3) is 3.97. The smallest absolute Gasteiger partial charge is 0.303 e. The Morgan fingerprint density at radius 1 is 1.41 bits per heavy atom. The van der Waals surface area contributed by atoms with Gasteiger partial charge in [-0.1, -0.05) is 20.8 Å². The van der Waals surface area contributed by atoms with Crippen molar-refractivity contribution < 1.29 is 18.3 Å². The highest BCUT2D eigenvalue weighted by atomic mass is 19.3. The Bertz CT molecular complexity index is 279. The van der Waals surface area contributed by atoms with Gasteiger partial charge in [-0.25, -0.2) is 0 Å². The molecule has 2 N–H and O–H groups in total. The van der Waals surface area contributed by atoms with E-state index in [1.54, 1.807) is 6.92 Å². The fraction of sp³-hybridized carbons (Fsp3) is 0.909. The maximum atomic E-state index is 12.1. The van der Waals surface area contributed by atoms with E-state index < -0.39 is 18.3 Å². The quantitative estimate of drug-likeness (QED) is 0.788. The normalized spacial score (nSPS) is 30.6. The van der Waals surface area contributed by atoms with Crippen LogP contribution in [0, 0.1) is 5.41 Å². The summed E-state index contributed by atoms with van der Waals surface area (Å²) in [4.78, 5) is 12.0. The van der Waals surface area contributed by atoms with Gasteiger partial charge in [0.2, 0.25) is 0 Å². The minimum Gasteiger partial charge on any atom is -0.303 e. The summed E-state index contributed by atoms with van der Waals surface area (Å²) < 4.78 is 28.6. The molecule has 0 aromatic rings. The standard InChI is InChI=1S/C11H20F2N2O2/c1-6-9(17-10(12)13)14-5-7(15-6)8(16)11(2,3)4/h6-7,9-10,14-15H,5H2,1-4H3. The average molecular weight is 250 g/mol. The molecule has 1 saturated heterocycles. The van der Waals surface area contributed by atoms with Gasteiger partial charge in [-0.15, -0.1) is 0 Å². The Labute approximate surface area is 100 Å². The lowest BCUT2D eigenvalue weighted by molar-refractivity contribution is -0.183. The first-order valence-corrected chi connectivity index (χ1v) is 5.69. The van der Waals surface area contributed by atoms with Crippen molar-refractivity contribution in [3.63, 3.8) is 0 Å². The number of ketones is 1. The molecule has 0 radical (unpaired) electrons. The fourth-order valence-electron chi connectivity index (χ4n) is 1.84. The largest absolute Gasteiger partial charge is 0.346 e. The summed E-state index contributed by atoms with van der Waals surface area (Å²) in [5.74, 6) is 0.0624. The van der Waals surface area contributed by atoms with Gasteiger partial charge >= 0.3 is 6.61 Å². The van der Waals surface area contributed by atoms with Crippen molar-refractivity contribution in [1.82, 2.24) is 10.6 Å². The summed E-state index contributed by atoms with van der Waals surface area (Å²) in [5, 5.41) is 5.83. The van der Waals surface area contributed by atoms with Gasteiger partial charge in [0.1, 0.15) is 6.23 Å². The summed E-state index contributed by atoms with van der Waals surface area (Å²) in [5.41, 5.74) is -0.449. The predicted octanol–water partition coefficient (Wildman–Crippen LogP) is 1.12. The molecule has 1 heterocycles. The number of hydrogen-bond donors (Lipinski definition) is 2. The van der Waals surface area contributed by atoms with Crippen LogP contribution in [0.25, 0.3) is 0 Å². The zero-order valence-electron chi connectivity index (χ0n) is 10.6. The maximum absolute atomic E-state index is 12.1. The van der Waals surface area contributed by atoms with E-state index >= 15 is 0 Å².